The van der Waals surface area contributed by atoms with E-state index in [4.69, 9.17) is 11.6 Å². The summed E-state index contributed by atoms with van der Waals surface area (Å²) in [6.45, 7) is 4.09. The third-order valence-electron chi connectivity index (χ3n) is 4.07. The van der Waals surface area contributed by atoms with Crippen LogP contribution >= 0.6 is 11.6 Å². The number of aryl methyl sites for hydroxylation is 1. The molecule has 0 spiro atoms. The second-order valence-electron chi connectivity index (χ2n) is 6.02. The van der Waals surface area contributed by atoms with Crippen molar-refractivity contribution in [2.45, 2.75) is 20.0 Å². The minimum atomic E-state index is -0.942. The lowest BCUT2D eigenvalue weighted by Gasteiger charge is -2.23. The van der Waals surface area contributed by atoms with E-state index in [0.29, 0.717) is 17.8 Å². The lowest BCUT2D eigenvalue weighted by Crippen LogP contribution is -2.35. The van der Waals surface area contributed by atoms with Crippen molar-refractivity contribution < 1.29 is 15.0 Å². The largest absolute Gasteiger partial charge is 0.508 e. The number of aromatic hydroxyl groups is 1. The number of hydrogen-bond acceptors (Lipinski definition) is 5. The lowest BCUT2D eigenvalue weighted by molar-refractivity contribution is 0.0629. The number of nitrogens with zero attached hydrogens (tertiary/aromatic N) is 4. The van der Waals surface area contributed by atoms with E-state index < -0.39 is 6.10 Å². The predicted octanol–water partition coefficient (Wildman–Crippen LogP) is 2.59. The van der Waals surface area contributed by atoms with Crippen molar-refractivity contribution in [3.05, 3.63) is 58.5 Å². The molecule has 136 valence electrons. The molecule has 26 heavy (non-hydrogen) atoms. The molecule has 1 atom stereocenters. The highest BCUT2D eigenvalue weighted by molar-refractivity contribution is 6.36. The summed E-state index contributed by atoms with van der Waals surface area (Å²) < 4.78 is 1.48. The van der Waals surface area contributed by atoms with E-state index in [9.17, 15) is 15.0 Å². The molecule has 0 aliphatic carbocycles. The number of hydrogen-bond donors (Lipinski definition) is 2. The van der Waals surface area contributed by atoms with Crippen molar-refractivity contribution in [2.24, 2.45) is 0 Å². The Morgan fingerprint density at radius 1 is 1.42 bits per heavy atom. The van der Waals surface area contributed by atoms with Crippen LogP contribution < -0.4 is 0 Å². The van der Waals surface area contributed by atoms with Gasteiger partial charge in [0.2, 0.25) is 0 Å². The molecule has 0 bridgehead atoms. The second-order valence-corrected chi connectivity index (χ2v) is 6.39. The summed E-state index contributed by atoms with van der Waals surface area (Å²) in [6, 6.07) is 6.31. The molecule has 3 rings (SSSR count). The molecule has 3 aromatic rings. The molecule has 2 aromatic heterocycles. The van der Waals surface area contributed by atoms with E-state index in [2.05, 4.69) is 10.1 Å². The molecule has 1 amide bonds. The Bertz CT molecular complexity index is 957. The van der Waals surface area contributed by atoms with Crippen molar-refractivity contribution >= 4 is 23.2 Å². The number of amides is 1. The van der Waals surface area contributed by atoms with E-state index in [-0.39, 0.29) is 28.9 Å². The standard InChI is InChI=1S/C18H19ClN4O3/c1-3-22(10-14(25)12-5-4-6-13(24)7-12)18(26)16-15(19)17-20-8-11(2)9-23(17)21-16/h4-9,14,24-25H,3,10H2,1-2H3/t14-/m0/s1. The van der Waals surface area contributed by atoms with Crippen LogP contribution in [0.2, 0.25) is 5.02 Å². The minimum absolute atomic E-state index is 0.0510. The van der Waals surface area contributed by atoms with Crippen LogP contribution in [0.4, 0.5) is 0 Å². The van der Waals surface area contributed by atoms with E-state index in [0.717, 1.165) is 5.56 Å². The summed E-state index contributed by atoms with van der Waals surface area (Å²) in [5.74, 6) is -0.333. The summed E-state index contributed by atoms with van der Waals surface area (Å²) in [6.07, 6.45) is 2.45. The zero-order valence-corrected chi connectivity index (χ0v) is 15.2. The molecule has 0 saturated heterocycles. The minimum Gasteiger partial charge on any atom is -0.508 e. The maximum Gasteiger partial charge on any atom is 0.276 e. The quantitative estimate of drug-likeness (QED) is 0.716. The van der Waals surface area contributed by atoms with Crippen LogP contribution in [0.15, 0.2) is 36.7 Å². The molecule has 2 heterocycles. The molecular weight excluding hydrogens is 356 g/mol. The average Bonchev–Trinajstić information content (AvgIpc) is 2.94. The van der Waals surface area contributed by atoms with Gasteiger partial charge in [0.15, 0.2) is 11.3 Å². The topological polar surface area (TPSA) is 91.0 Å². The Morgan fingerprint density at radius 3 is 2.88 bits per heavy atom. The number of phenolic OH excluding ortho intramolecular Hbond substituents is 1. The van der Waals surface area contributed by atoms with Crippen LogP contribution in [-0.2, 0) is 0 Å². The van der Waals surface area contributed by atoms with Gasteiger partial charge >= 0.3 is 0 Å². The molecule has 0 saturated carbocycles. The number of carbonyl (C=O) groups excluding carboxylic acids is 1. The van der Waals surface area contributed by atoms with Gasteiger partial charge in [-0.15, -0.1) is 0 Å². The van der Waals surface area contributed by atoms with Crippen LogP contribution in [0.25, 0.3) is 5.65 Å². The van der Waals surface area contributed by atoms with Gasteiger partial charge < -0.3 is 15.1 Å². The molecular formula is C18H19ClN4O3. The normalized spacial score (nSPS) is 12.3. The zero-order chi connectivity index (χ0) is 18.8. The molecule has 0 aliphatic heterocycles. The average molecular weight is 375 g/mol. The molecule has 0 aliphatic rings. The summed E-state index contributed by atoms with van der Waals surface area (Å²) >= 11 is 6.29. The number of halogens is 1. The monoisotopic (exact) mass is 374 g/mol. The lowest BCUT2D eigenvalue weighted by atomic mass is 10.1. The number of aliphatic hydroxyl groups excluding tert-OH is 1. The Balaban J connectivity index is 1.86. The maximum atomic E-state index is 12.9. The first-order chi connectivity index (χ1) is 12.4. The van der Waals surface area contributed by atoms with Crippen LogP contribution in [0.3, 0.4) is 0 Å². The number of aromatic nitrogens is 3. The number of fused-ring (bicyclic) bond motifs is 1. The van der Waals surface area contributed by atoms with Crippen molar-refractivity contribution in [1.82, 2.24) is 19.5 Å². The first-order valence-corrected chi connectivity index (χ1v) is 8.55. The predicted molar refractivity (Wildman–Crippen MR) is 97.4 cm³/mol. The van der Waals surface area contributed by atoms with Gasteiger partial charge in [0.25, 0.3) is 5.91 Å². The first-order valence-electron chi connectivity index (χ1n) is 8.17. The molecule has 7 nitrogen and oxygen atoms in total. The zero-order valence-electron chi connectivity index (χ0n) is 14.4. The highest BCUT2D eigenvalue weighted by Crippen LogP contribution is 2.24. The van der Waals surface area contributed by atoms with E-state index in [1.165, 1.54) is 21.5 Å². The molecule has 0 fully saturated rings. The van der Waals surface area contributed by atoms with Crippen molar-refractivity contribution in [3.8, 4) is 5.75 Å². The smallest absolute Gasteiger partial charge is 0.276 e. The SMILES string of the molecule is CCN(C[C@H](O)c1cccc(O)c1)C(=O)c1nn2cc(C)cnc2c1Cl. The first kappa shape index (κ1) is 18.2. The number of benzene rings is 1. The van der Waals surface area contributed by atoms with E-state index >= 15 is 0 Å². The summed E-state index contributed by atoms with van der Waals surface area (Å²) in [5.41, 5.74) is 1.91. The van der Waals surface area contributed by atoms with Crippen LogP contribution in [0.1, 0.15) is 34.6 Å². The summed E-state index contributed by atoms with van der Waals surface area (Å²) in [5, 5.41) is 24.4. The van der Waals surface area contributed by atoms with Crippen LogP contribution in [0.5, 0.6) is 5.75 Å². The Hall–Kier alpha value is -2.64. The number of phenols is 1. The number of likely N-dealkylation sites (N-methyl/N-ethyl adjacent to an activating group) is 1. The number of rotatable bonds is 5. The molecule has 1 aromatic carbocycles. The van der Waals surface area contributed by atoms with Gasteiger partial charge in [-0.05, 0) is 37.1 Å². The van der Waals surface area contributed by atoms with Crippen molar-refractivity contribution in [2.75, 3.05) is 13.1 Å². The summed E-state index contributed by atoms with van der Waals surface area (Å²) in [4.78, 5) is 18.5. The Kier molecular flexibility index (Phi) is 5.11. The fraction of sp³-hybridized carbons (Fsp3) is 0.278. The van der Waals surface area contributed by atoms with Gasteiger partial charge in [-0.1, -0.05) is 23.7 Å². The molecule has 0 radical (unpaired) electrons. The third-order valence-corrected chi connectivity index (χ3v) is 4.41. The highest BCUT2D eigenvalue weighted by Gasteiger charge is 2.25. The van der Waals surface area contributed by atoms with E-state index in [1.54, 1.807) is 31.5 Å². The molecule has 8 heteroatoms. The molecule has 0 unspecified atom stereocenters. The van der Waals surface area contributed by atoms with E-state index in [1.807, 2.05) is 6.92 Å². The van der Waals surface area contributed by atoms with Gasteiger partial charge in [0.1, 0.15) is 10.8 Å². The van der Waals surface area contributed by atoms with Crippen molar-refractivity contribution in [1.29, 1.82) is 0 Å². The maximum absolute atomic E-state index is 12.9. The van der Waals surface area contributed by atoms with Crippen LogP contribution in [-0.4, -0.2) is 48.7 Å². The third kappa shape index (κ3) is 3.49. The van der Waals surface area contributed by atoms with Gasteiger partial charge in [-0.2, -0.15) is 5.10 Å². The van der Waals surface area contributed by atoms with Gasteiger partial charge in [0.05, 0.1) is 12.6 Å². The second kappa shape index (κ2) is 7.31. The van der Waals surface area contributed by atoms with Gasteiger partial charge in [0, 0.05) is 18.9 Å². The fourth-order valence-corrected chi connectivity index (χ4v) is 2.94. The van der Waals surface area contributed by atoms with Crippen LogP contribution in [0, 0.1) is 6.92 Å². The fourth-order valence-electron chi connectivity index (χ4n) is 2.69. The molecule has 2 N–H and O–H groups in total. The Labute approximate surface area is 155 Å². The highest BCUT2D eigenvalue weighted by atomic mass is 35.5. The summed E-state index contributed by atoms with van der Waals surface area (Å²) in [7, 11) is 0. The number of carbonyl (C=O) groups is 1. The van der Waals surface area contributed by atoms with Gasteiger partial charge in [-0.25, -0.2) is 9.50 Å². The van der Waals surface area contributed by atoms with Crippen molar-refractivity contribution in [3.63, 3.8) is 0 Å². The van der Waals surface area contributed by atoms with Gasteiger partial charge in [-0.3, -0.25) is 4.79 Å². The Morgan fingerprint density at radius 2 is 2.19 bits per heavy atom. The number of aliphatic hydroxyl groups is 1.